The minimum atomic E-state index is 0.170. The summed E-state index contributed by atoms with van der Waals surface area (Å²) in [6.07, 6.45) is 3.17. The maximum Gasteiger partial charge on any atom is 0.0222 e. The van der Waals surface area contributed by atoms with Gasteiger partial charge in [0.1, 0.15) is 0 Å². The fraction of sp³-hybridized carbons (Fsp3) is 0.333. The van der Waals surface area contributed by atoms with Gasteiger partial charge in [-0.1, -0.05) is 42.0 Å². The maximum atomic E-state index is 5.73. The van der Waals surface area contributed by atoms with Gasteiger partial charge in [0, 0.05) is 6.04 Å². The smallest absolute Gasteiger partial charge is 0.0222 e. The molecule has 0 saturated carbocycles. The van der Waals surface area contributed by atoms with E-state index < -0.39 is 0 Å². The first-order valence-corrected chi connectivity index (χ1v) is 4.66. The van der Waals surface area contributed by atoms with Crippen LogP contribution in [0.2, 0.25) is 0 Å². The quantitative estimate of drug-likeness (QED) is 0.702. The summed E-state index contributed by atoms with van der Waals surface area (Å²) in [6, 6.07) is 10.6. The van der Waals surface area contributed by atoms with Crippen LogP contribution < -0.4 is 5.73 Å². The molecule has 1 aromatic carbocycles. The maximum absolute atomic E-state index is 5.73. The van der Waals surface area contributed by atoms with E-state index >= 15 is 0 Å². The van der Waals surface area contributed by atoms with Crippen LogP contribution in [0.5, 0.6) is 0 Å². The zero-order valence-corrected chi connectivity index (χ0v) is 8.33. The summed E-state index contributed by atoms with van der Waals surface area (Å²) < 4.78 is 0. The molecular weight excluding hydrogens is 158 g/mol. The Balaban J connectivity index is 2.57. The third kappa shape index (κ3) is 3.43. The Labute approximate surface area is 80.3 Å². The van der Waals surface area contributed by atoms with Crippen molar-refractivity contribution in [3.05, 3.63) is 47.5 Å². The topological polar surface area (TPSA) is 26.0 Å². The predicted octanol–water partition coefficient (Wildman–Crippen LogP) is 2.52. The summed E-state index contributed by atoms with van der Waals surface area (Å²) in [7, 11) is 0. The van der Waals surface area contributed by atoms with Gasteiger partial charge >= 0.3 is 0 Å². The van der Waals surface area contributed by atoms with Gasteiger partial charge in [0.2, 0.25) is 0 Å². The van der Waals surface area contributed by atoms with Crippen molar-refractivity contribution in [3.63, 3.8) is 0 Å². The highest BCUT2D eigenvalue weighted by Gasteiger charge is 1.95. The molecule has 0 aliphatic carbocycles. The normalized spacial score (nSPS) is 14.2. The lowest BCUT2D eigenvalue weighted by molar-refractivity contribution is 0.853. The summed E-state index contributed by atoms with van der Waals surface area (Å²) in [5, 5.41) is 0. The molecule has 0 aromatic heterocycles. The highest BCUT2D eigenvalue weighted by molar-refractivity contribution is 5.19. The molecule has 70 valence electrons. The fourth-order valence-electron chi connectivity index (χ4n) is 1.08. The van der Waals surface area contributed by atoms with E-state index in [4.69, 9.17) is 5.73 Å². The van der Waals surface area contributed by atoms with E-state index in [1.807, 2.05) is 13.0 Å². The predicted molar refractivity (Wildman–Crippen MR) is 57.6 cm³/mol. The molecule has 0 fully saturated rings. The lowest BCUT2D eigenvalue weighted by atomic mass is 10.1. The van der Waals surface area contributed by atoms with Crippen molar-refractivity contribution in [2.45, 2.75) is 26.3 Å². The molecule has 1 nitrogen and oxygen atoms in total. The number of rotatable bonds is 3. The van der Waals surface area contributed by atoms with E-state index in [0.29, 0.717) is 0 Å². The highest BCUT2D eigenvalue weighted by Crippen LogP contribution is 2.04. The molecule has 0 aliphatic rings. The van der Waals surface area contributed by atoms with Gasteiger partial charge in [-0.2, -0.15) is 0 Å². The third-order valence-corrected chi connectivity index (χ3v) is 2.22. The summed E-state index contributed by atoms with van der Waals surface area (Å²) >= 11 is 0. The lowest BCUT2D eigenvalue weighted by Crippen LogP contribution is -2.16. The van der Waals surface area contributed by atoms with Crippen LogP contribution in [0.15, 0.2) is 42.0 Å². The van der Waals surface area contributed by atoms with E-state index in [2.05, 4.69) is 37.3 Å². The Morgan fingerprint density at radius 3 is 2.54 bits per heavy atom. The van der Waals surface area contributed by atoms with Crippen molar-refractivity contribution in [2.75, 3.05) is 0 Å². The van der Waals surface area contributed by atoms with Gasteiger partial charge < -0.3 is 5.73 Å². The molecule has 0 saturated heterocycles. The second-order valence-electron chi connectivity index (χ2n) is 3.43. The Morgan fingerprint density at radius 2 is 2.00 bits per heavy atom. The molecule has 0 bridgehead atoms. The molecule has 1 unspecified atom stereocenters. The zero-order valence-electron chi connectivity index (χ0n) is 8.33. The Hall–Kier alpha value is -1.08. The van der Waals surface area contributed by atoms with Crippen LogP contribution in [0, 0.1) is 0 Å². The van der Waals surface area contributed by atoms with Gasteiger partial charge in [0.15, 0.2) is 0 Å². The van der Waals surface area contributed by atoms with E-state index in [1.54, 1.807) is 0 Å². The molecule has 2 N–H and O–H groups in total. The van der Waals surface area contributed by atoms with Crippen molar-refractivity contribution in [1.82, 2.24) is 0 Å². The van der Waals surface area contributed by atoms with Crippen LogP contribution in [0.1, 0.15) is 19.4 Å². The zero-order chi connectivity index (χ0) is 9.68. The number of hydrogen-bond donors (Lipinski definition) is 1. The van der Waals surface area contributed by atoms with Gasteiger partial charge in [-0.15, -0.1) is 0 Å². The van der Waals surface area contributed by atoms with Crippen molar-refractivity contribution < 1.29 is 0 Å². The van der Waals surface area contributed by atoms with Gasteiger partial charge in [0.25, 0.3) is 0 Å². The number of benzene rings is 1. The SMILES string of the molecule is C/C(=C\Cc1ccccc1)C(C)N. The largest absolute Gasteiger partial charge is 0.324 e. The van der Waals surface area contributed by atoms with Crippen LogP contribution in [0.3, 0.4) is 0 Å². The van der Waals surface area contributed by atoms with Crippen LogP contribution in [-0.4, -0.2) is 6.04 Å². The second kappa shape index (κ2) is 4.83. The first-order chi connectivity index (χ1) is 6.20. The van der Waals surface area contributed by atoms with Crippen LogP contribution in [0.4, 0.5) is 0 Å². The van der Waals surface area contributed by atoms with Crippen LogP contribution >= 0.6 is 0 Å². The fourth-order valence-corrected chi connectivity index (χ4v) is 1.08. The third-order valence-electron chi connectivity index (χ3n) is 2.22. The summed E-state index contributed by atoms with van der Waals surface area (Å²) in [4.78, 5) is 0. The first-order valence-electron chi connectivity index (χ1n) is 4.66. The van der Waals surface area contributed by atoms with Gasteiger partial charge in [0.05, 0.1) is 0 Å². The Bertz CT molecular complexity index is 272. The molecule has 13 heavy (non-hydrogen) atoms. The Morgan fingerprint density at radius 1 is 1.38 bits per heavy atom. The average Bonchev–Trinajstić information content (AvgIpc) is 2.15. The standard InChI is InChI=1S/C12H17N/c1-10(11(2)13)8-9-12-6-4-3-5-7-12/h3-8,11H,9,13H2,1-2H3/b10-8+. The summed E-state index contributed by atoms with van der Waals surface area (Å²) in [5.74, 6) is 0. The molecule has 1 aromatic rings. The van der Waals surface area contributed by atoms with Crippen LogP contribution in [0.25, 0.3) is 0 Å². The minimum absolute atomic E-state index is 0.170. The first kappa shape index (κ1) is 10.0. The van der Waals surface area contributed by atoms with Crippen molar-refractivity contribution in [1.29, 1.82) is 0 Å². The van der Waals surface area contributed by atoms with E-state index in [0.717, 1.165) is 6.42 Å². The molecular formula is C12H17N. The molecule has 1 rings (SSSR count). The van der Waals surface area contributed by atoms with Crippen molar-refractivity contribution in [2.24, 2.45) is 5.73 Å². The molecule has 1 atom stereocenters. The number of nitrogens with two attached hydrogens (primary N) is 1. The number of hydrogen-bond acceptors (Lipinski definition) is 1. The molecule has 0 heterocycles. The molecule has 0 spiro atoms. The van der Waals surface area contributed by atoms with E-state index in [1.165, 1.54) is 11.1 Å². The second-order valence-corrected chi connectivity index (χ2v) is 3.43. The molecule has 0 aliphatic heterocycles. The minimum Gasteiger partial charge on any atom is -0.324 e. The van der Waals surface area contributed by atoms with Gasteiger partial charge in [-0.05, 0) is 25.8 Å². The van der Waals surface area contributed by atoms with E-state index in [9.17, 15) is 0 Å². The van der Waals surface area contributed by atoms with E-state index in [-0.39, 0.29) is 6.04 Å². The van der Waals surface area contributed by atoms with Crippen LogP contribution in [-0.2, 0) is 6.42 Å². The summed E-state index contributed by atoms with van der Waals surface area (Å²) in [5.41, 5.74) is 8.32. The average molecular weight is 175 g/mol. The molecule has 0 radical (unpaired) electrons. The van der Waals surface area contributed by atoms with Gasteiger partial charge in [-0.25, -0.2) is 0 Å². The monoisotopic (exact) mass is 175 g/mol. The molecule has 1 heteroatoms. The van der Waals surface area contributed by atoms with Gasteiger partial charge in [-0.3, -0.25) is 0 Å². The number of allylic oxidation sites excluding steroid dienone is 1. The Kier molecular flexibility index (Phi) is 3.71. The lowest BCUT2D eigenvalue weighted by Gasteiger charge is -2.04. The van der Waals surface area contributed by atoms with Crippen molar-refractivity contribution in [3.8, 4) is 0 Å². The highest BCUT2D eigenvalue weighted by atomic mass is 14.6. The molecule has 0 amide bonds. The van der Waals surface area contributed by atoms with Crippen molar-refractivity contribution >= 4 is 0 Å². The summed E-state index contributed by atoms with van der Waals surface area (Å²) in [6.45, 7) is 4.09.